The summed E-state index contributed by atoms with van der Waals surface area (Å²) < 4.78 is 0. The molecular formula is C17H27NO2S. The fourth-order valence-electron chi connectivity index (χ4n) is 2.21. The number of aliphatic hydroxyl groups is 1. The zero-order valence-corrected chi connectivity index (χ0v) is 14.3. The van der Waals surface area contributed by atoms with Crippen molar-refractivity contribution in [3.05, 3.63) is 35.4 Å². The van der Waals surface area contributed by atoms with Crippen LogP contribution in [0.1, 0.15) is 38.3 Å². The Balaban J connectivity index is 2.23. The van der Waals surface area contributed by atoms with Crippen molar-refractivity contribution in [1.29, 1.82) is 0 Å². The Labute approximate surface area is 132 Å². The molecule has 0 aliphatic carbocycles. The van der Waals surface area contributed by atoms with Gasteiger partial charge in [-0.3, -0.25) is 4.79 Å². The van der Waals surface area contributed by atoms with E-state index in [2.05, 4.69) is 50.4 Å². The standard InChI is InChI=1S/C17H27NO2S/c1-13-5-7-15(8-6-13)10-21-11-16(20)18-12-17(3,4)9-14(2)19/h5-8,14,19H,9-12H2,1-4H3,(H,18,20)/t14-/m1/s1. The van der Waals surface area contributed by atoms with Crippen LogP contribution in [-0.2, 0) is 10.5 Å². The summed E-state index contributed by atoms with van der Waals surface area (Å²) in [6.07, 6.45) is 0.344. The highest BCUT2D eigenvalue weighted by molar-refractivity contribution is 7.99. The third-order valence-corrected chi connectivity index (χ3v) is 4.24. The van der Waals surface area contributed by atoms with E-state index in [1.165, 1.54) is 11.1 Å². The molecule has 3 nitrogen and oxygen atoms in total. The number of thioether (sulfide) groups is 1. The number of carbonyl (C=O) groups excluding carboxylic acids is 1. The van der Waals surface area contributed by atoms with E-state index < -0.39 is 0 Å². The van der Waals surface area contributed by atoms with Crippen molar-refractivity contribution in [3.8, 4) is 0 Å². The first-order valence-electron chi connectivity index (χ1n) is 7.36. The van der Waals surface area contributed by atoms with Crippen molar-refractivity contribution in [3.63, 3.8) is 0 Å². The lowest BCUT2D eigenvalue weighted by atomic mass is 9.87. The molecule has 0 radical (unpaired) electrons. The Bertz CT molecular complexity index is 441. The lowest BCUT2D eigenvalue weighted by Gasteiger charge is -2.26. The van der Waals surface area contributed by atoms with Gasteiger partial charge >= 0.3 is 0 Å². The third kappa shape index (κ3) is 8.12. The van der Waals surface area contributed by atoms with Gasteiger partial charge in [-0.15, -0.1) is 11.8 Å². The SMILES string of the molecule is Cc1ccc(CSCC(=O)NCC(C)(C)C[C@@H](C)O)cc1. The monoisotopic (exact) mass is 309 g/mol. The molecule has 1 amide bonds. The largest absolute Gasteiger partial charge is 0.393 e. The highest BCUT2D eigenvalue weighted by Gasteiger charge is 2.20. The van der Waals surface area contributed by atoms with Gasteiger partial charge in [0, 0.05) is 12.3 Å². The fourth-order valence-corrected chi connectivity index (χ4v) is 3.02. The molecule has 0 spiro atoms. The van der Waals surface area contributed by atoms with Crippen LogP contribution in [0.2, 0.25) is 0 Å². The Morgan fingerprint density at radius 1 is 1.33 bits per heavy atom. The van der Waals surface area contributed by atoms with Crippen LogP contribution < -0.4 is 5.32 Å². The molecular weight excluding hydrogens is 282 g/mol. The Morgan fingerprint density at radius 2 is 1.95 bits per heavy atom. The van der Waals surface area contributed by atoms with Crippen molar-refractivity contribution < 1.29 is 9.90 Å². The predicted octanol–water partition coefficient (Wildman–Crippen LogP) is 3.14. The average molecular weight is 309 g/mol. The number of hydrogen-bond donors (Lipinski definition) is 2. The van der Waals surface area contributed by atoms with Crippen molar-refractivity contribution >= 4 is 17.7 Å². The summed E-state index contributed by atoms with van der Waals surface area (Å²) in [6.45, 7) is 8.56. The van der Waals surface area contributed by atoms with Crippen molar-refractivity contribution in [2.45, 2.75) is 46.0 Å². The Kier molecular flexibility index (Phi) is 7.26. The van der Waals surface area contributed by atoms with Crippen LogP contribution in [-0.4, -0.2) is 29.4 Å². The minimum absolute atomic E-state index is 0.0609. The highest BCUT2D eigenvalue weighted by Crippen LogP contribution is 2.21. The van der Waals surface area contributed by atoms with E-state index in [4.69, 9.17) is 0 Å². The van der Waals surface area contributed by atoms with Gasteiger partial charge in [0.1, 0.15) is 0 Å². The topological polar surface area (TPSA) is 49.3 Å². The number of aliphatic hydroxyl groups excluding tert-OH is 1. The molecule has 2 N–H and O–H groups in total. The quantitative estimate of drug-likeness (QED) is 0.775. The van der Waals surface area contributed by atoms with Crippen LogP contribution in [0.25, 0.3) is 0 Å². The van der Waals surface area contributed by atoms with Crippen LogP contribution >= 0.6 is 11.8 Å². The molecule has 4 heteroatoms. The molecule has 0 unspecified atom stereocenters. The number of aryl methyl sites for hydroxylation is 1. The van der Waals surface area contributed by atoms with E-state index in [0.717, 1.165) is 5.75 Å². The molecule has 0 aliphatic rings. The summed E-state index contributed by atoms with van der Waals surface area (Å²) >= 11 is 1.62. The molecule has 0 saturated carbocycles. The molecule has 0 aliphatic heterocycles. The number of rotatable bonds is 8. The average Bonchev–Trinajstić information content (AvgIpc) is 2.37. The second-order valence-corrected chi connectivity index (χ2v) is 7.46. The van der Waals surface area contributed by atoms with E-state index >= 15 is 0 Å². The normalized spacial score (nSPS) is 13.0. The Hall–Kier alpha value is -1.00. The maximum absolute atomic E-state index is 11.8. The van der Waals surface area contributed by atoms with Gasteiger partial charge in [0.25, 0.3) is 0 Å². The van der Waals surface area contributed by atoms with Crippen LogP contribution in [0.3, 0.4) is 0 Å². The van der Waals surface area contributed by atoms with Gasteiger partial charge in [0.05, 0.1) is 11.9 Å². The van der Waals surface area contributed by atoms with Gasteiger partial charge in [-0.25, -0.2) is 0 Å². The van der Waals surface area contributed by atoms with Gasteiger partial charge in [-0.1, -0.05) is 43.7 Å². The fraction of sp³-hybridized carbons (Fsp3) is 0.588. The van der Waals surface area contributed by atoms with E-state index in [1.807, 2.05) is 0 Å². The number of benzene rings is 1. The number of amides is 1. The summed E-state index contributed by atoms with van der Waals surface area (Å²) in [4.78, 5) is 11.8. The van der Waals surface area contributed by atoms with E-state index in [0.29, 0.717) is 18.7 Å². The van der Waals surface area contributed by atoms with E-state index in [-0.39, 0.29) is 17.4 Å². The van der Waals surface area contributed by atoms with Crippen LogP contribution in [0, 0.1) is 12.3 Å². The summed E-state index contributed by atoms with van der Waals surface area (Å²) in [5.74, 6) is 1.38. The number of nitrogens with one attached hydrogen (secondary N) is 1. The Morgan fingerprint density at radius 3 is 2.52 bits per heavy atom. The molecule has 1 rings (SSSR count). The van der Waals surface area contributed by atoms with E-state index in [1.54, 1.807) is 18.7 Å². The summed E-state index contributed by atoms with van der Waals surface area (Å²) in [7, 11) is 0. The van der Waals surface area contributed by atoms with Gasteiger partial charge in [0.2, 0.25) is 5.91 Å². The molecule has 1 aromatic rings. The molecule has 0 aromatic heterocycles. The van der Waals surface area contributed by atoms with Crippen LogP contribution in [0.15, 0.2) is 24.3 Å². The molecule has 0 saturated heterocycles. The van der Waals surface area contributed by atoms with Gasteiger partial charge < -0.3 is 10.4 Å². The first-order valence-corrected chi connectivity index (χ1v) is 8.52. The van der Waals surface area contributed by atoms with Gasteiger partial charge in [0.15, 0.2) is 0 Å². The molecule has 118 valence electrons. The molecule has 0 bridgehead atoms. The maximum atomic E-state index is 11.8. The van der Waals surface area contributed by atoms with Crippen molar-refractivity contribution in [2.75, 3.05) is 12.3 Å². The zero-order valence-electron chi connectivity index (χ0n) is 13.5. The summed E-state index contributed by atoms with van der Waals surface area (Å²) in [6, 6.07) is 8.39. The minimum Gasteiger partial charge on any atom is -0.393 e. The van der Waals surface area contributed by atoms with Crippen molar-refractivity contribution in [1.82, 2.24) is 5.32 Å². The van der Waals surface area contributed by atoms with Crippen molar-refractivity contribution in [2.24, 2.45) is 5.41 Å². The van der Waals surface area contributed by atoms with Crippen LogP contribution in [0.4, 0.5) is 0 Å². The minimum atomic E-state index is -0.340. The van der Waals surface area contributed by atoms with Gasteiger partial charge in [-0.2, -0.15) is 0 Å². The molecule has 1 atom stereocenters. The lowest BCUT2D eigenvalue weighted by Crippen LogP contribution is -2.36. The summed E-state index contributed by atoms with van der Waals surface area (Å²) in [5, 5.41) is 12.4. The zero-order chi connectivity index (χ0) is 15.9. The molecule has 21 heavy (non-hydrogen) atoms. The van der Waals surface area contributed by atoms with E-state index in [9.17, 15) is 9.90 Å². The number of hydrogen-bond acceptors (Lipinski definition) is 3. The smallest absolute Gasteiger partial charge is 0.230 e. The molecule has 1 aromatic carbocycles. The maximum Gasteiger partial charge on any atom is 0.230 e. The highest BCUT2D eigenvalue weighted by atomic mass is 32.2. The van der Waals surface area contributed by atoms with Crippen LogP contribution in [0.5, 0.6) is 0 Å². The lowest BCUT2D eigenvalue weighted by molar-refractivity contribution is -0.119. The predicted molar refractivity (Wildman–Crippen MR) is 90.4 cm³/mol. The first kappa shape index (κ1) is 18.1. The second kappa shape index (κ2) is 8.44. The first-order chi connectivity index (χ1) is 9.78. The molecule has 0 heterocycles. The third-order valence-electron chi connectivity index (χ3n) is 3.23. The summed E-state index contributed by atoms with van der Waals surface area (Å²) in [5.41, 5.74) is 2.42. The number of carbonyl (C=O) groups is 1. The molecule has 0 fully saturated rings. The second-order valence-electron chi connectivity index (χ2n) is 6.47. The van der Waals surface area contributed by atoms with Gasteiger partial charge in [-0.05, 0) is 31.2 Å².